The molecule has 164 valence electrons. The third-order valence-electron chi connectivity index (χ3n) is 5.57. The molecule has 1 aromatic rings. The topological polar surface area (TPSA) is 50.8 Å². The van der Waals surface area contributed by atoms with E-state index in [4.69, 9.17) is 9.47 Å². The van der Waals surface area contributed by atoms with Crippen molar-refractivity contribution < 1.29 is 14.3 Å². The van der Waals surface area contributed by atoms with E-state index >= 15 is 0 Å². The van der Waals surface area contributed by atoms with Crippen molar-refractivity contribution in [1.29, 1.82) is 0 Å². The van der Waals surface area contributed by atoms with Crippen molar-refractivity contribution in [3.8, 4) is 5.75 Å². The summed E-state index contributed by atoms with van der Waals surface area (Å²) in [6, 6.07) is 7.62. The van der Waals surface area contributed by atoms with Gasteiger partial charge in [-0.25, -0.2) is 0 Å². The van der Waals surface area contributed by atoms with E-state index in [-0.39, 0.29) is 5.91 Å². The second-order valence-electron chi connectivity index (χ2n) is 8.86. The van der Waals surface area contributed by atoms with E-state index < -0.39 is 5.60 Å². The normalized spacial score (nSPS) is 22.1. The van der Waals surface area contributed by atoms with Crippen LogP contribution >= 0.6 is 0 Å². The first kappa shape index (κ1) is 23.7. The molecular weight excluding hydrogens is 364 g/mol. The van der Waals surface area contributed by atoms with Gasteiger partial charge in [0, 0.05) is 31.9 Å². The third-order valence-corrected chi connectivity index (χ3v) is 5.57. The standard InChI is InChI=1S/C24H40N2O3/c1-6-12-24(5,29-14-7-2)23(27)25-21-8-10-22(11-9-21)28-15-13-26-17-19(3)16-20(4)18-26/h8-11,19-20H,6-7,12-18H2,1-5H3,(H,25,27)/t19-,20-,24+/m1/s1. The van der Waals surface area contributed by atoms with Crippen molar-refractivity contribution in [2.45, 2.75) is 65.9 Å². The maximum Gasteiger partial charge on any atom is 0.256 e. The van der Waals surface area contributed by atoms with E-state index in [0.717, 1.165) is 55.7 Å². The molecule has 0 unspecified atom stereocenters. The van der Waals surface area contributed by atoms with Crippen LogP contribution in [0.15, 0.2) is 24.3 Å². The van der Waals surface area contributed by atoms with E-state index in [1.165, 1.54) is 6.42 Å². The zero-order valence-corrected chi connectivity index (χ0v) is 19.0. The quantitative estimate of drug-likeness (QED) is 0.566. The first-order valence-electron chi connectivity index (χ1n) is 11.3. The lowest BCUT2D eigenvalue weighted by Gasteiger charge is -2.34. The summed E-state index contributed by atoms with van der Waals surface area (Å²) in [5.74, 6) is 2.28. The van der Waals surface area contributed by atoms with Gasteiger partial charge in [-0.05, 0) is 62.3 Å². The van der Waals surface area contributed by atoms with Crippen molar-refractivity contribution in [1.82, 2.24) is 4.90 Å². The van der Waals surface area contributed by atoms with Gasteiger partial charge in [0.15, 0.2) is 0 Å². The number of carbonyl (C=O) groups excluding carboxylic acids is 1. The Labute approximate surface area is 177 Å². The molecule has 1 saturated heterocycles. The number of nitrogens with zero attached hydrogens (tertiary/aromatic N) is 1. The van der Waals surface area contributed by atoms with Crippen LogP contribution in [0.2, 0.25) is 0 Å². The molecule has 0 aromatic heterocycles. The third kappa shape index (κ3) is 7.63. The minimum absolute atomic E-state index is 0.0881. The van der Waals surface area contributed by atoms with Crippen LogP contribution in [0.5, 0.6) is 5.75 Å². The molecule has 1 heterocycles. The Morgan fingerprint density at radius 3 is 2.34 bits per heavy atom. The maximum absolute atomic E-state index is 12.7. The van der Waals surface area contributed by atoms with Gasteiger partial charge >= 0.3 is 0 Å². The van der Waals surface area contributed by atoms with Crippen LogP contribution in [0.25, 0.3) is 0 Å². The Morgan fingerprint density at radius 2 is 1.76 bits per heavy atom. The maximum atomic E-state index is 12.7. The van der Waals surface area contributed by atoms with Crippen LogP contribution < -0.4 is 10.1 Å². The van der Waals surface area contributed by atoms with Crippen molar-refractivity contribution in [3.05, 3.63) is 24.3 Å². The summed E-state index contributed by atoms with van der Waals surface area (Å²) in [7, 11) is 0. The highest BCUT2D eigenvalue weighted by atomic mass is 16.5. The Morgan fingerprint density at radius 1 is 1.10 bits per heavy atom. The molecule has 0 radical (unpaired) electrons. The van der Waals surface area contributed by atoms with E-state index in [9.17, 15) is 4.79 Å². The van der Waals surface area contributed by atoms with Gasteiger partial charge in [-0.15, -0.1) is 0 Å². The van der Waals surface area contributed by atoms with E-state index in [0.29, 0.717) is 19.6 Å². The minimum atomic E-state index is -0.789. The zero-order valence-electron chi connectivity index (χ0n) is 19.0. The van der Waals surface area contributed by atoms with Crippen molar-refractivity contribution >= 4 is 11.6 Å². The number of nitrogens with one attached hydrogen (secondary N) is 1. The highest BCUT2D eigenvalue weighted by molar-refractivity contribution is 5.97. The molecular formula is C24H40N2O3. The summed E-state index contributed by atoms with van der Waals surface area (Å²) in [5.41, 5.74) is -0.0220. The SMILES string of the molecule is CCCO[C@@](C)(CCC)C(=O)Nc1ccc(OCCN2C[C@H](C)C[C@@H](C)C2)cc1. The fourth-order valence-electron chi connectivity index (χ4n) is 4.22. The summed E-state index contributed by atoms with van der Waals surface area (Å²) >= 11 is 0. The first-order chi connectivity index (χ1) is 13.9. The van der Waals surface area contributed by atoms with Crippen molar-refractivity contribution in [3.63, 3.8) is 0 Å². The van der Waals surface area contributed by atoms with Crippen LogP contribution in [-0.2, 0) is 9.53 Å². The molecule has 2 rings (SSSR count). The fourth-order valence-corrected chi connectivity index (χ4v) is 4.22. The lowest BCUT2D eigenvalue weighted by atomic mass is 9.92. The fraction of sp³-hybridized carbons (Fsp3) is 0.708. The predicted octanol–water partition coefficient (Wildman–Crippen LogP) is 4.97. The van der Waals surface area contributed by atoms with Crippen molar-refractivity contribution in [2.75, 3.05) is 38.2 Å². The largest absolute Gasteiger partial charge is 0.492 e. The summed E-state index contributed by atoms with van der Waals surface area (Å²) < 4.78 is 11.8. The van der Waals surface area contributed by atoms with E-state index in [1.54, 1.807) is 0 Å². The Bertz CT molecular complexity index is 609. The molecule has 29 heavy (non-hydrogen) atoms. The lowest BCUT2D eigenvalue weighted by Crippen LogP contribution is -2.43. The molecule has 1 N–H and O–H groups in total. The number of piperidine rings is 1. The highest BCUT2D eigenvalue weighted by Gasteiger charge is 2.33. The van der Waals surface area contributed by atoms with Gasteiger partial charge in [-0.1, -0.05) is 34.1 Å². The molecule has 1 fully saturated rings. The van der Waals surface area contributed by atoms with Crippen LogP contribution in [0, 0.1) is 11.8 Å². The molecule has 1 aromatic carbocycles. The molecule has 5 nitrogen and oxygen atoms in total. The summed E-state index contributed by atoms with van der Waals surface area (Å²) in [4.78, 5) is 15.2. The molecule has 1 amide bonds. The molecule has 0 saturated carbocycles. The number of hydrogen-bond donors (Lipinski definition) is 1. The first-order valence-corrected chi connectivity index (χ1v) is 11.3. The molecule has 5 heteroatoms. The van der Waals surface area contributed by atoms with E-state index in [2.05, 4.69) is 37.9 Å². The molecule has 0 spiro atoms. The highest BCUT2D eigenvalue weighted by Crippen LogP contribution is 2.23. The minimum Gasteiger partial charge on any atom is -0.492 e. The number of ether oxygens (including phenoxy) is 2. The van der Waals surface area contributed by atoms with Gasteiger partial charge in [0.05, 0.1) is 0 Å². The Kier molecular flexibility index (Phi) is 9.44. The number of rotatable bonds is 11. The Hall–Kier alpha value is -1.59. The number of likely N-dealkylation sites (tertiary alicyclic amines) is 1. The Balaban J connectivity index is 1.82. The summed E-state index contributed by atoms with van der Waals surface area (Å²) in [5, 5.41) is 2.99. The van der Waals surface area contributed by atoms with Crippen LogP contribution in [0.1, 0.15) is 60.3 Å². The van der Waals surface area contributed by atoms with E-state index in [1.807, 2.05) is 31.2 Å². The number of anilines is 1. The molecule has 3 atom stereocenters. The molecule has 1 aliphatic heterocycles. The van der Waals surface area contributed by atoms with Crippen molar-refractivity contribution in [2.24, 2.45) is 11.8 Å². The second-order valence-corrected chi connectivity index (χ2v) is 8.86. The molecule has 1 aliphatic rings. The average molecular weight is 405 g/mol. The number of amides is 1. The number of carbonyl (C=O) groups is 1. The second kappa shape index (κ2) is 11.6. The van der Waals surface area contributed by atoms with Crippen LogP contribution in [-0.4, -0.2) is 49.3 Å². The van der Waals surface area contributed by atoms with Gasteiger partial charge in [0.1, 0.15) is 18.0 Å². The van der Waals surface area contributed by atoms with Crippen LogP contribution in [0.4, 0.5) is 5.69 Å². The number of hydrogen-bond acceptors (Lipinski definition) is 4. The van der Waals surface area contributed by atoms with Gasteiger partial charge in [-0.3, -0.25) is 9.69 Å². The zero-order chi connectivity index (χ0) is 21.3. The summed E-state index contributed by atoms with van der Waals surface area (Å²) in [6.07, 6.45) is 3.82. The molecule has 0 aliphatic carbocycles. The van der Waals surface area contributed by atoms with Gasteiger partial charge < -0.3 is 14.8 Å². The number of benzene rings is 1. The molecule has 0 bridgehead atoms. The van der Waals surface area contributed by atoms with Gasteiger partial charge in [-0.2, -0.15) is 0 Å². The summed E-state index contributed by atoms with van der Waals surface area (Å²) in [6.45, 7) is 15.2. The lowest BCUT2D eigenvalue weighted by molar-refractivity contribution is -0.140. The predicted molar refractivity (Wildman–Crippen MR) is 120 cm³/mol. The van der Waals surface area contributed by atoms with Gasteiger partial charge in [0.25, 0.3) is 5.91 Å². The van der Waals surface area contributed by atoms with Crippen LogP contribution in [0.3, 0.4) is 0 Å². The smallest absolute Gasteiger partial charge is 0.256 e. The monoisotopic (exact) mass is 404 g/mol. The average Bonchev–Trinajstić information content (AvgIpc) is 2.67. The van der Waals surface area contributed by atoms with Gasteiger partial charge in [0.2, 0.25) is 0 Å².